The van der Waals surface area contributed by atoms with Crippen LogP contribution in [0.3, 0.4) is 0 Å². The molecule has 0 radical (unpaired) electrons. The van der Waals surface area contributed by atoms with Crippen LogP contribution in [0.5, 0.6) is 0 Å². The lowest BCUT2D eigenvalue weighted by atomic mass is 10.4. The van der Waals surface area contributed by atoms with Gasteiger partial charge in [-0.25, -0.2) is 12.7 Å². The summed E-state index contributed by atoms with van der Waals surface area (Å²) < 4.78 is 24.1. The third-order valence-electron chi connectivity index (χ3n) is 1.52. The normalized spacial score (nSPS) is 11.0. The molecule has 74 valence electrons. The van der Waals surface area contributed by atoms with Gasteiger partial charge in [0.05, 0.1) is 4.90 Å². The van der Waals surface area contributed by atoms with Gasteiger partial charge in [-0.3, -0.25) is 0 Å². The van der Waals surface area contributed by atoms with Crippen molar-refractivity contribution >= 4 is 10.0 Å². The average molecular weight is 221 g/mol. The highest BCUT2D eigenvalue weighted by molar-refractivity contribution is 7.89. The quantitative estimate of drug-likeness (QED) is 0.575. The fraction of sp³-hybridized carbons (Fsp3) is 0.250. The molecule has 3 nitrogen and oxygen atoms in total. The molecule has 1 aromatic carbocycles. The third kappa shape index (κ3) is 2.69. The van der Waals surface area contributed by atoms with Crippen LogP contribution in [0.4, 0.5) is 0 Å². The first-order valence-electron chi connectivity index (χ1n) is 3.53. The Balaban J connectivity index is 0.00000144. The van der Waals surface area contributed by atoms with Gasteiger partial charge in [0.25, 0.3) is 0 Å². The first kappa shape index (κ1) is 12.4. The Bertz CT molecular complexity index is 348. The van der Waals surface area contributed by atoms with Crippen LogP contribution in [0.1, 0.15) is 0 Å². The number of nitrogens with zero attached hydrogens (tertiary/aromatic N) is 1. The maximum absolute atomic E-state index is 11.5. The molecule has 0 spiro atoms. The van der Waals surface area contributed by atoms with Crippen molar-refractivity contribution in [2.24, 2.45) is 0 Å². The summed E-state index contributed by atoms with van der Waals surface area (Å²) in [6.07, 6.45) is 0. The van der Waals surface area contributed by atoms with Crippen LogP contribution in [0, 0.1) is 0 Å². The van der Waals surface area contributed by atoms with Crippen molar-refractivity contribution in [1.29, 1.82) is 0 Å². The van der Waals surface area contributed by atoms with Crippen molar-refractivity contribution in [2.45, 2.75) is 4.90 Å². The van der Waals surface area contributed by atoms with E-state index in [0.29, 0.717) is 4.90 Å². The van der Waals surface area contributed by atoms with E-state index in [4.69, 9.17) is 0 Å². The average Bonchev–Trinajstić information content (AvgIpc) is 2.06. The van der Waals surface area contributed by atoms with E-state index in [9.17, 15) is 8.42 Å². The molecule has 0 aliphatic rings. The van der Waals surface area contributed by atoms with E-state index < -0.39 is 10.0 Å². The molecule has 0 atom stereocenters. The van der Waals surface area contributed by atoms with Gasteiger partial charge in [-0.1, -0.05) is 18.2 Å². The molecule has 0 bridgehead atoms. The zero-order chi connectivity index (χ0) is 9.19. The summed E-state index contributed by atoms with van der Waals surface area (Å²) in [4.78, 5) is 0.329. The highest BCUT2D eigenvalue weighted by Crippen LogP contribution is 2.10. The van der Waals surface area contributed by atoms with Crippen LogP contribution in [0.15, 0.2) is 35.2 Å². The Hall–Kier alpha value is -0.580. The van der Waals surface area contributed by atoms with Crippen LogP contribution in [0.25, 0.3) is 0 Å². The molecule has 0 saturated heterocycles. The molecular weight excluding hydrogens is 210 g/mol. The van der Waals surface area contributed by atoms with E-state index in [0.717, 1.165) is 0 Å². The number of hydrogen-bond donors (Lipinski definition) is 0. The van der Waals surface area contributed by atoms with Crippen molar-refractivity contribution < 1.29 is 20.8 Å². The van der Waals surface area contributed by atoms with Crippen LogP contribution in [0.2, 0.25) is 0 Å². The zero-order valence-corrected chi connectivity index (χ0v) is 9.01. The predicted octanol–water partition coefficient (Wildman–Crippen LogP) is -2.06. The summed E-state index contributed by atoms with van der Waals surface area (Å²) in [6.45, 7) is 0. The van der Waals surface area contributed by atoms with E-state index >= 15 is 0 Å². The number of rotatable bonds is 2. The fourth-order valence-electron chi connectivity index (χ4n) is 0.803. The van der Waals surface area contributed by atoms with Crippen molar-refractivity contribution in [3.8, 4) is 0 Å². The highest BCUT2D eigenvalue weighted by atomic mass is 35.5. The maximum Gasteiger partial charge on any atom is 0.242 e. The molecule has 0 amide bonds. The van der Waals surface area contributed by atoms with Gasteiger partial charge in [0.15, 0.2) is 0 Å². The Morgan fingerprint density at radius 1 is 1.08 bits per heavy atom. The molecular formula is C8H11ClNO2S-. The largest absolute Gasteiger partial charge is 1.00 e. The van der Waals surface area contributed by atoms with Gasteiger partial charge < -0.3 is 12.4 Å². The zero-order valence-electron chi connectivity index (χ0n) is 7.44. The van der Waals surface area contributed by atoms with Gasteiger partial charge in [0.1, 0.15) is 0 Å². The SMILES string of the molecule is CN(C)S(=O)(=O)c1ccccc1.[Cl-]. The molecule has 1 aromatic rings. The number of benzene rings is 1. The second-order valence-electron chi connectivity index (χ2n) is 2.60. The molecule has 0 unspecified atom stereocenters. The van der Waals surface area contributed by atoms with E-state index in [1.807, 2.05) is 0 Å². The summed E-state index contributed by atoms with van der Waals surface area (Å²) in [7, 11) is -0.211. The maximum atomic E-state index is 11.5. The molecule has 0 aliphatic heterocycles. The number of halogens is 1. The molecule has 0 saturated carbocycles. The summed E-state index contributed by atoms with van der Waals surface area (Å²) in [6, 6.07) is 8.35. The number of sulfonamides is 1. The third-order valence-corrected chi connectivity index (χ3v) is 3.35. The lowest BCUT2D eigenvalue weighted by Gasteiger charge is -2.10. The van der Waals surface area contributed by atoms with E-state index in [2.05, 4.69) is 0 Å². The Morgan fingerprint density at radius 3 is 1.92 bits per heavy atom. The smallest absolute Gasteiger partial charge is 0.242 e. The van der Waals surface area contributed by atoms with Crippen LogP contribution in [-0.2, 0) is 10.0 Å². The molecule has 0 heterocycles. The topological polar surface area (TPSA) is 37.4 Å². The Morgan fingerprint density at radius 2 is 1.54 bits per heavy atom. The minimum atomic E-state index is -3.24. The van der Waals surface area contributed by atoms with Crippen LogP contribution >= 0.6 is 0 Å². The molecule has 0 N–H and O–H groups in total. The lowest BCUT2D eigenvalue weighted by molar-refractivity contribution is -0.00000496. The molecule has 13 heavy (non-hydrogen) atoms. The Kier molecular flexibility index (Phi) is 4.39. The summed E-state index contributed by atoms with van der Waals surface area (Å²) in [5.74, 6) is 0. The van der Waals surface area contributed by atoms with Gasteiger partial charge in [0.2, 0.25) is 10.0 Å². The minimum absolute atomic E-state index is 0. The van der Waals surface area contributed by atoms with Crippen LogP contribution < -0.4 is 12.4 Å². The van der Waals surface area contributed by atoms with Crippen molar-refractivity contribution in [2.75, 3.05) is 14.1 Å². The first-order chi connectivity index (χ1) is 5.55. The molecule has 0 aliphatic carbocycles. The lowest BCUT2D eigenvalue weighted by Crippen LogP contribution is -3.00. The molecule has 0 aromatic heterocycles. The van der Waals surface area contributed by atoms with Gasteiger partial charge in [-0.15, -0.1) is 0 Å². The number of hydrogen-bond acceptors (Lipinski definition) is 2. The van der Waals surface area contributed by atoms with Gasteiger partial charge >= 0.3 is 0 Å². The van der Waals surface area contributed by atoms with E-state index in [-0.39, 0.29) is 12.4 Å². The van der Waals surface area contributed by atoms with Crippen molar-refractivity contribution in [3.05, 3.63) is 30.3 Å². The van der Waals surface area contributed by atoms with Crippen molar-refractivity contribution in [3.63, 3.8) is 0 Å². The standard InChI is InChI=1S/C8H11NO2S.ClH/c1-9(2)12(10,11)8-6-4-3-5-7-8;/h3-7H,1-2H3;1H/p-1. The second-order valence-corrected chi connectivity index (χ2v) is 4.75. The molecule has 5 heteroatoms. The highest BCUT2D eigenvalue weighted by Gasteiger charge is 2.15. The summed E-state index contributed by atoms with van der Waals surface area (Å²) in [5.41, 5.74) is 0. The fourth-order valence-corrected chi connectivity index (χ4v) is 1.73. The van der Waals surface area contributed by atoms with Gasteiger partial charge in [0, 0.05) is 14.1 Å². The summed E-state index contributed by atoms with van der Waals surface area (Å²) in [5, 5.41) is 0. The molecule has 0 fully saturated rings. The van der Waals surface area contributed by atoms with Crippen molar-refractivity contribution in [1.82, 2.24) is 4.31 Å². The second kappa shape index (κ2) is 4.60. The van der Waals surface area contributed by atoms with E-state index in [1.54, 1.807) is 30.3 Å². The van der Waals surface area contributed by atoms with Crippen LogP contribution in [-0.4, -0.2) is 26.8 Å². The van der Waals surface area contributed by atoms with E-state index in [1.165, 1.54) is 18.4 Å². The van der Waals surface area contributed by atoms with Gasteiger partial charge in [-0.2, -0.15) is 0 Å². The monoisotopic (exact) mass is 220 g/mol. The first-order valence-corrected chi connectivity index (χ1v) is 4.97. The predicted molar refractivity (Wildman–Crippen MR) is 47.3 cm³/mol. The summed E-state index contributed by atoms with van der Waals surface area (Å²) >= 11 is 0. The molecule has 1 rings (SSSR count). The minimum Gasteiger partial charge on any atom is -1.00 e. The Labute approximate surface area is 84.8 Å². The van der Waals surface area contributed by atoms with Gasteiger partial charge in [-0.05, 0) is 12.1 Å².